The average Bonchev–Trinajstić information content (AvgIpc) is 3.30. The first kappa shape index (κ1) is 19.4. The molecule has 0 radical (unpaired) electrons. The molecule has 3 unspecified atom stereocenters. The van der Waals surface area contributed by atoms with Crippen LogP contribution >= 0.6 is 0 Å². The van der Waals surface area contributed by atoms with E-state index >= 15 is 0 Å². The summed E-state index contributed by atoms with van der Waals surface area (Å²) >= 11 is 0. The molecule has 1 fully saturated rings. The number of aromatic nitrogens is 2. The Morgan fingerprint density at radius 3 is 2.93 bits per heavy atom. The van der Waals surface area contributed by atoms with Crippen LogP contribution in [0.1, 0.15) is 42.6 Å². The zero-order valence-electron chi connectivity index (χ0n) is 17.8. The van der Waals surface area contributed by atoms with Crippen LogP contribution < -0.4 is 5.12 Å². The van der Waals surface area contributed by atoms with Crippen LogP contribution in [0.3, 0.4) is 0 Å². The molecular formula is C22H28N6O2. The fourth-order valence-electron chi connectivity index (χ4n) is 4.38. The molecule has 0 amide bonds. The van der Waals surface area contributed by atoms with Gasteiger partial charge in [-0.25, -0.2) is 4.99 Å². The lowest BCUT2D eigenvalue weighted by molar-refractivity contribution is -0.163. The second-order valence-electron chi connectivity index (χ2n) is 8.25. The maximum absolute atomic E-state index is 6.00. The summed E-state index contributed by atoms with van der Waals surface area (Å²) in [5.74, 6) is 0.105. The topological polar surface area (TPSA) is 76.6 Å². The highest BCUT2D eigenvalue weighted by molar-refractivity contribution is 6.28. The van der Waals surface area contributed by atoms with E-state index in [1.807, 2.05) is 30.9 Å². The molecule has 4 aliphatic rings. The van der Waals surface area contributed by atoms with Crippen LogP contribution in [-0.2, 0) is 9.47 Å². The smallest absolute Gasteiger partial charge is 0.164 e. The quantitative estimate of drug-likeness (QED) is 0.751. The average molecular weight is 409 g/mol. The minimum absolute atomic E-state index is 0.0794. The number of hydrazone groups is 1. The summed E-state index contributed by atoms with van der Waals surface area (Å²) in [7, 11) is 0. The number of allylic oxidation sites excluding steroid dienone is 1. The van der Waals surface area contributed by atoms with Crippen molar-refractivity contribution in [1.29, 1.82) is 0 Å². The van der Waals surface area contributed by atoms with E-state index in [2.05, 4.69) is 29.2 Å². The van der Waals surface area contributed by atoms with E-state index in [1.54, 1.807) is 11.5 Å². The third kappa shape index (κ3) is 3.15. The molecular weight excluding hydrogens is 380 g/mol. The van der Waals surface area contributed by atoms with E-state index < -0.39 is 5.54 Å². The molecule has 4 heterocycles. The number of hydrogen-bond donors (Lipinski definition) is 0. The maximum atomic E-state index is 6.00. The van der Waals surface area contributed by atoms with Gasteiger partial charge in [0, 0.05) is 18.7 Å². The van der Waals surface area contributed by atoms with Gasteiger partial charge < -0.3 is 9.47 Å². The Bertz CT molecular complexity index is 982. The molecule has 8 heteroatoms. The van der Waals surface area contributed by atoms with Gasteiger partial charge in [-0.3, -0.25) is 4.99 Å². The Balaban J connectivity index is 1.40. The van der Waals surface area contributed by atoms with E-state index in [0.29, 0.717) is 6.61 Å². The summed E-state index contributed by atoms with van der Waals surface area (Å²) in [5.41, 5.74) is 4.46. The van der Waals surface area contributed by atoms with E-state index in [0.717, 1.165) is 54.2 Å². The largest absolute Gasteiger partial charge is 0.353 e. The summed E-state index contributed by atoms with van der Waals surface area (Å²) in [6, 6.07) is 0. The van der Waals surface area contributed by atoms with Crippen LogP contribution in [0, 0.1) is 26.7 Å². The molecule has 1 saturated heterocycles. The first-order valence-electron chi connectivity index (χ1n) is 10.7. The second-order valence-corrected chi connectivity index (χ2v) is 8.25. The molecule has 3 atom stereocenters. The Morgan fingerprint density at radius 1 is 1.27 bits per heavy atom. The minimum atomic E-state index is -0.609. The normalized spacial score (nSPS) is 29.6. The lowest BCUT2D eigenvalue weighted by Gasteiger charge is -2.37. The van der Waals surface area contributed by atoms with E-state index in [-0.39, 0.29) is 12.2 Å². The van der Waals surface area contributed by atoms with Crippen molar-refractivity contribution in [1.82, 2.24) is 9.89 Å². The summed E-state index contributed by atoms with van der Waals surface area (Å²) in [6.07, 6.45) is 13.8. The van der Waals surface area contributed by atoms with Crippen LogP contribution in [0.2, 0.25) is 0 Å². The fourth-order valence-corrected chi connectivity index (χ4v) is 4.38. The molecule has 1 aliphatic carbocycles. The number of aryl methyl sites for hydroxylation is 1. The summed E-state index contributed by atoms with van der Waals surface area (Å²) in [4.78, 5) is 11.2. The van der Waals surface area contributed by atoms with Gasteiger partial charge in [0.05, 0.1) is 29.4 Å². The highest BCUT2D eigenvalue weighted by Gasteiger charge is 2.47. The van der Waals surface area contributed by atoms with Crippen molar-refractivity contribution in [3.63, 3.8) is 0 Å². The Hall–Kier alpha value is -2.58. The maximum Gasteiger partial charge on any atom is 0.164 e. The molecule has 0 N–H and O–H groups in total. The molecule has 5 rings (SSSR count). The zero-order chi connectivity index (χ0) is 20.7. The van der Waals surface area contributed by atoms with Gasteiger partial charge >= 0.3 is 0 Å². The standard InChI is InChI=1S/C22H28N6O2/c1-15-16(2)25-28(17(15)3)27-14-24-22-10-11-23-19(22)8-7-18(21(22)26-27)9-13-30-20-6-4-5-12-29-20/h7-8,10-11,14,18,20H,4-6,9,12-13H2,1-3H3. The third-order valence-corrected chi connectivity index (χ3v) is 6.42. The first-order chi connectivity index (χ1) is 14.6. The molecule has 158 valence electrons. The Kier molecular flexibility index (Phi) is 4.91. The van der Waals surface area contributed by atoms with Gasteiger partial charge in [-0.05, 0) is 64.2 Å². The third-order valence-electron chi connectivity index (χ3n) is 6.42. The van der Waals surface area contributed by atoms with Crippen LogP contribution in [0.15, 0.2) is 39.5 Å². The molecule has 8 nitrogen and oxygen atoms in total. The minimum Gasteiger partial charge on any atom is -0.353 e. The second kappa shape index (κ2) is 7.59. The van der Waals surface area contributed by atoms with Gasteiger partial charge in [0.1, 0.15) is 6.34 Å². The molecule has 3 aliphatic heterocycles. The number of rotatable bonds is 5. The lowest BCUT2D eigenvalue weighted by Crippen LogP contribution is -2.52. The monoisotopic (exact) mass is 408 g/mol. The Labute approximate surface area is 176 Å². The van der Waals surface area contributed by atoms with Gasteiger partial charge in [0.2, 0.25) is 0 Å². The van der Waals surface area contributed by atoms with Crippen molar-refractivity contribution in [3.05, 3.63) is 41.4 Å². The molecule has 1 spiro atoms. The van der Waals surface area contributed by atoms with E-state index in [9.17, 15) is 0 Å². The SMILES string of the molecule is Cc1nn(N2C=NC34C=CN=C3C=CC(CCOC3CCCCO3)C4=N2)c(C)c1C. The number of nitrogens with zero attached hydrogens (tertiary/aromatic N) is 6. The predicted molar refractivity (Wildman–Crippen MR) is 117 cm³/mol. The van der Waals surface area contributed by atoms with Crippen LogP contribution in [-0.4, -0.2) is 52.7 Å². The number of aliphatic imine (C=N–C) groups is 2. The number of hydrogen-bond acceptors (Lipinski definition) is 7. The van der Waals surface area contributed by atoms with Crippen LogP contribution in [0.4, 0.5) is 0 Å². The van der Waals surface area contributed by atoms with Gasteiger partial charge in [-0.2, -0.15) is 15.0 Å². The van der Waals surface area contributed by atoms with Crippen molar-refractivity contribution in [3.8, 4) is 0 Å². The highest BCUT2D eigenvalue weighted by Crippen LogP contribution is 2.35. The highest BCUT2D eigenvalue weighted by atomic mass is 16.7. The van der Waals surface area contributed by atoms with Crippen LogP contribution in [0.25, 0.3) is 0 Å². The van der Waals surface area contributed by atoms with Gasteiger partial charge in [0.15, 0.2) is 11.8 Å². The molecule has 0 bridgehead atoms. The van der Waals surface area contributed by atoms with Crippen molar-refractivity contribution < 1.29 is 9.47 Å². The van der Waals surface area contributed by atoms with E-state index in [4.69, 9.17) is 19.6 Å². The molecule has 0 saturated carbocycles. The lowest BCUT2D eigenvalue weighted by atomic mass is 9.76. The van der Waals surface area contributed by atoms with Gasteiger partial charge in [0.25, 0.3) is 0 Å². The summed E-state index contributed by atoms with van der Waals surface area (Å²) < 4.78 is 11.7. The molecule has 0 aromatic carbocycles. The summed E-state index contributed by atoms with van der Waals surface area (Å²) in [5, 5.41) is 11.4. The van der Waals surface area contributed by atoms with Crippen molar-refractivity contribution in [2.75, 3.05) is 18.3 Å². The summed E-state index contributed by atoms with van der Waals surface area (Å²) in [6.45, 7) is 7.54. The first-order valence-corrected chi connectivity index (χ1v) is 10.7. The Morgan fingerprint density at radius 2 is 2.17 bits per heavy atom. The van der Waals surface area contributed by atoms with Crippen molar-refractivity contribution in [2.24, 2.45) is 21.0 Å². The number of ether oxygens (including phenoxy) is 2. The van der Waals surface area contributed by atoms with Crippen molar-refractivity contribution >= 4 is 17.8 Å². The van der Waals surface area contributed by atoms with Crippen LogP contribution in [0.5, 0.6) is 0 Å². The molecule has 1 aromatic rings. The van der Waals surface area contributed by atoms with Crippen molar-refractivity contribution in [2.45, 2.75) is 58.3 Å². The van der Waals surface area contributed by atoms with Gasteiger partial charge in [-0.15, -0.1) is 5.12 Å². The van der Waals surface area contributed by atoms with Gasteiger partial charge in [-0.1, -0.05) is 6.08 Å². The zero-order valence-corrected chi connectivity index (χ0v) is 17.8. The predicted octanol–water partition coefficient (Wildman–Crippen LogP) is 2.97. The molecule has 30 heavy (non-hydrogen) atoms. The molecule has 1 aromatic heterocycles. The van der Waals surface area contributed by atoms with E-state index in [1.165, 1.54) is 6.42 Å². The fraction of sp³-hybridized carbons (Fsp3) is 0.545.